The van der Waals surface area contributed by atoms with E-state index in [2.05, 4.69) is 23.5 Å². The summed E-state index contributed by atoms with van der Waals surface area (Å²) in [6.45, 7) is 1.53. The Hall–Kier alpha value is -4.51. The number of nitrogens with zero attached hydrogens (tertiary/aromatic N) is 1. The number of carbonyl (C=O) groups excluding carboxylic acids is 3. The number of amides is 1. The van der Waals surface area contributed by atoms with Gasteiger partial charge in [0.2, 0.25) is 5.91 Å². The lowest BCUT2D eigenvalue weighted by Crippen LogP contribution is -2.51. The lowest BCUT2D eigenvalue weighted by molar-refractivity contribution is -0.122. The Morgan fingerprint density at radius 2 is 1.59 bits per heavy atom. The van der Waals surface area contributed by atoms with E-state index in [0.717, 1.165) is 27.6 Å². The summed E-state index contributed by atoms with van der Waals surface area (Å²) < 4.78 is 0. The average molecular weight is 485 g/mol. The SMILES string of the molecule is CC(=O)C1C(C(=O)c2ccccc2)C2(C(=O)Nc3ccccc32)C2C=Cc3c(ccc4ccccc34)N12. The van der Waals surface area contributed by atoms with Crippen LogP contribution in [0.25, 0.3) is 16.8 Å². The molecule has 0 saturated carbocycles. The van der Waals surface area contributed by atoms with Crippen molar-refractivity contribution in [2.75, 3.05) is 10.2 Å². The van der Waals surface area contributed by atoms with Gasteiger partial charge >= 0.3 is 0 Å². The van der Waals surface area contributed by atoms with Crippen LogP contribution in [0.3, 0.4) is 0 Å². The minimum absolute atomic E-state index is 0.136. The summed E-state index contributed by atoms with van der Waals surface area (Å²) in [6.07, 6.45) is 4.08. The Morgan fingerprint density at radius 1 is 0.865 bits per heavy atom. The van der Waals surface area contributed by atoms with E-state index in [9.17, 15) is 14.4 Å². The molecule has 3 aliphatic heterocycles. The van der Waals surface area contributed by atoms with Gasteiger partial charge in [-0.15, -0.1) is 0 Å². The number of hydrogen-bond donors (Lipinski definition) is 1. The molecule has 1 spiro atoms. The number of ketones is 2. The van der Waals surface area contributed by atoms with Crippen molar-refractivity contribution in [3.05, 3.63) is 114 Å². The lowest BCUT2D eigenvalue weighted by atomic mass is 9.64. The van der Waals surface area contributed by atoms with Crippen LogP contribution in [-0.2, 0) is 15.0 Å². The van der Waals surface area contributed by atoms with Gasteiger partial charge in [0.1, 0.15) is 5.41 Å². The number of anilines is 2. The van der Waals surface area contributed by atoms with Crippen molar-refractivity contribution in [3.8, 4) is 0 Å². The normalized spacial score (nSPS) is 25.1. The highest BCUT2D eigenvalue weighted by Crippen LogP contribution is 2.58. The van der Waals surface area contributed by atoms with Gasteiger partial charge in [-0.1, -0.05) is 91.0 Å². The topological polar surface area (TPSA) is 66.5 Å². The van der Waals surface area contributed by atoms with Gasteiger partial charge in [0.15, 0.2) is 11.6 Å². The average Bonchev–Trinajstić information content (AvgIpc) is 3.41. The summed E-state index contributed by atoms with van der Waals surface area (Å²) in [5, 5.41) is 5.22. The van der Waals surface area contributed by atoms with Crippen molar-refractivity contribution in [1.29, 1.82) is 0 Å². The number of nitrogens with one attached hydrogen (secondary N) is 1. The van der Waals surface area contributed by atoms with Gasteiger partial charge in [0, 0.05) is 22.5 Å². The van der Waals surface area contributed by atoms with Gasteiger partial charge < -0.3 is 10.2 Å². The second kappa shape index (κ2) is 7.74. The molecule has 3 aliphatic rings. The van der Waals surface area contributed by atoms with Crippen LogP contribution in [0.15, 0.2) is 97.1 Å². The Kier molecular flexibility index (Phi) is 4.55. The Labute approximate surface area is 214 Å². The maximum absolute atomic E-state index is 14.4. The van der Waals surface area contributed by atoms with Crippen LogP contribution >= 0.6 is 0 Å². The first-order chi connectivity index (χ1) is 18.0. The van der Waals surface area contributed by atoms with Crippen molar-refractivity contribution in [2.24, 2.45) is 5.92 Å². The second-order valence-electron chi connectivity index (χ2n) is 10.1. The van der Waals surface area contributed by atoms with E-state index in [1.165, 1.54) is 6.92 Å². The van der Waals surface area contributed by atoms with Gasteiger partial charge in [-0.25, -0.2) is 0 Å². The van der Waals surface area contributed by atoms with Crippen LogP contribution in [0.5, 0.6) is 0 Å². The van der Waals surface area contributed by atoms with E-state index in [-0.39, 0.29) is 17.5 Å². The third-order valence-electron chi connectivity index (χ3n) is 8.30. The van der Waals surface area contributed by atoms with E-state index in [4.69, 9.17) is 0 Å². The fourth-order valence-corrected chi connectivity index (χ4v) is 6.87. The fourth-order valence-electron chi connectivity index (χ4n) is 6.87. The Bertz CT molecular complexity index is 1660. The summed E-state index contributed by atoms with van der Waals surface area (Å²) in [5.74, 6) is -1.47. The predicted octanol–water partition coefficient (Wildman–Crippen LogP) is 5.40. The quantitative estimate of drug-likeness (QED) is 0.396. The number of carbonyl (C=O) groups is 3. The summed E-state index contributed by atoms with van der Waals surface area (Å²) >= 11 is 0. The Morgan fingerprint density at radius 3 is 2.41 bits per heavy atom. The second-order valence-corrected chi connectivity index (χ2v) is 10.1. The van der Waals surface area contributed by atoms with Crippen molar-refractivity contribution in [2.45, 2.75) is 24.4 Å². The molecule has 5 heteroatoms. The summed E-state index contributed by atoms with van der Waals surface area (Å²) in [4.78, 5) is 44.0. The zero-order valence-electron chi connectivity index (χ0n) is 20.2. The van der Waals surface area contributed by atoms with E-state index in [0.29, 0.717) is 11.3 Å². The van der Waals surface area contributed by atoms with E-state index in [1.807, 2.05) is 77.7 Å². The number of para-hydroxylation sites is 1. The first-order valence-corrected chi connectivity index (χ1v) is 12.5. The molecule has 7 rings (SSSR count). The molecule has 0 bridgehead atoms. The maximum Gasteiger partial charge on any atom is 0.238 e. The lowest BCUT2D eigenvalue weighted by Gasteiger charge is -2.38. The highest BCUT2D eigenvalue weighted by molar-refractivity contribution is 6.17. The monoisotopic (exact) mass is 484 g/mol. The predicted molar refractivity (Wildman–Crippen MR) is 145 cm³/mol. The molecule has 4 aromatic carbocycles. The molecular formula is C32H24N2O3. The first kappa shape index (κ1) is 21.7. The van der Waals surface area contributed by atoms with Crippen LogP contribution in [0, 0.1) is 5.92 Å². The smallest absolute Gasteiger partial charge is 0.238 e. The maximum atomic E-state index is 14.4. The van der Waals surface area contributed by atoms with Gasteiger partial charge in [-0.2, -0.15) is 0 Å². The fraction of sp³-hybridized carbons (Fsp3) is 0.156. The standard InChI is InChI=1S/C32H24N2O3/c1-19(35)29-28(30(36)21-10-3-2-4-11-21)32(24-13-7-8-14-25(24)33-31(32)37)27-18-16-23-22-12-6-5-9-20(22)15-17-26(23)34(27)29/h2-18,27-29H,1H3,(H,33,37). The van der Waals surface area contributed by atoms with Crippen LogP contribution in [0.2, 0.25) is 0 Å². The number of fused-ring (bicyclic) bond motifs is 8. The van der Waals surface area contributed by atoms with Crippen molar-refractivity contribution in [3.63, 3.8) is 0 Å². The third kappa shape index (κ3) is 2.77. The van der Waals surface area contributed by atoms with Crippen LogP contribution in [-0.4, -0.2) is 29.6 Å². The molecule has 0 aliphatic carbocycles. The number of rotatable bonds is 3. The highest BCUT2D eigenvalue weighted by Gasteiger charge is 2.69. The molecule has 3 heterocycles. The summed E-state index contributed by atoms with van der Waals surface area (Å²) in [6, 6.07) is 27.5. The van der Waals surface area contributed by atoms with Gasteiger partial charge in [0.05, 0.1) is 18.0 Å². The number of benzene rings is 4. The number of hydrogen-bond acceptors (Lipinski definition) is 4. The van der Waals surface area contributed by atoms with Crippen molar-refractivity contribution >= 4 is 45.7 Å². The number of Topliss-reactive ketones (excluding diaryl/α,β-unsaturated/α-hetero) is 2. The van der Waals surface area contributed by atoms with Gasteiger partial charge in [-0.3, -0.25) is 14.4 Å². The van der Waals surface area contributed by atoms with E-state index >= 15 is 0 Å². The third-order valence-corrected chi connectivity index (χ3v) is 8.30. The van der Waals surface area contributed by atoms with E-state index < -0.39 is 23.4 Å². The molecule has 0 aromatic heterocycles. The summed E-state index contributed by atoms with van der Waals surface area (Å²) in [5.41, 5.74) is 2.57. The molecule has 1 fully saturated rings. The molecule has 1 amide bonds. The van der Waals surface area contributed by atoms with Crippen molar-refractivity contribution < 1.29 is 14.4 Å². The molecule has 180 valence electrons. The molecule has 1 N–H and O–H groups in total. The first-order valence-electron chi connectivity index (χ1n) is 12.5. The minimum Gasteiger partial charge on any atom is -0.352 e. The molecule has 4 unspecified atom stereocenters. The molecule has 4 aromatic rings. The zero-order valence-corrected chi connectivity index (χ0v) is 20.2. The molecule has 1 saturated heterocycles. The van der Waals surface area contributed by atoms with Crippen LogP contribution in [0.4, 0.5) is 11.4 Å². The molecule has 37 heavy (non-hydrogen) atoms. The summed E-state index contributed by atoms with van der Waals surface area (Å²) in [7, 11) is 0. The molecule has 5 nitrogen and oxygen atoms in total. The molecular weight excluding hydrogens is 460 g/mol. The van der Waals surface area contributed by atoms with Crippen molar-refractivity contribution in [1.82, 2.24) is 0 Å². The van der Waals surface area contributed by atoms with Gasteiger partial charge in [0.25, 0.3) is 0 Å². The van der Waals surface area contributed by atoms with Crippen LogP contribution < -0.4 is 10.2 Å². The largest absolute Gasteiger partial charge is 0.352 e. The van der Waals surface area contributed by atoms with Gasteiger partial charge in [-0.05, 0) is 35.4 Å². The molecule has 0 radical (unpaired) electrons. The highest BCUT2D eigenvalue weighted by atomic mass is 16.2. The zero-order chi connectivity index (χ0) is 25.3. The van der Waals surface area contributed by atoms with Crippen LogP contribution in [0.1, 0.15) is 28.4 Å². The minimum atomic E-state index is -1.25. The molecule has 4 atom stereocenters. The van der Waals surface area contributed by atoms with E-state index in [1.54, 1.807) is 12.1 Å². The Balaban J connectivity index is 1.54.